The van der Waals surface area contributed by atoms with Gasteiger partial charge in [-0.25, -0.2) is 0 Å². The summed E-state index contributed by atoms with van der Waals surface area (Å²) in [5.74, 6) is 0.736. The molecule has 3 nitrogen and oxygen atoms in total. The number of phenolic OH excluding ortho intramolecular Hbond substituents is 1. The van der Waals surface area contributed by atoms with Crippen molar-refractivity contribution in [3.63, 3.8) is 0 Å². The Labute approximate surface area is 124 Å². The van der Waals surface area contributed by atoms with Crippen LogP contribution in [0.2, 0.25) is 0 Å². The summed E-state index contributed by atoms with van der Waals surface area (Å²) in [6, 6.07) is 14.1. The molecule has 0 radical (unpaired) electrons. The number of phenols is 1. The zero-order valence-corrected chi connectivity index (χ0v) is 12.0. The quantitative estimate of drug-likeness (QED) is 0.907. The molecule has 2 aromatic carbocycles. The number of benzene rings is 2. The van der Waals surface area contributed by atoms with Gasteiger partial charge in [-0.2, -0.15) is 0 Å². The first-order valence-electron chi connectivity index (χ1n) is 7.14. The lowest BCUT2D eigenvalue weighted by Crippen LogP contribution is -2.28. The Hall–Kier alpha value is -2.26. The molecule has 108 valence electrons. The van der Waals surface area contributed by atoms with E-state index in [0.717, 1.165) is 13.0 Å². The molecule has 0 spiro atoms. The predicted octanol–water partition coefficient (Wildman–Crippen LogP) is 3.30. The smallest absolute Gasteiger partial charge is 0.160 e. The largest absolute Gasteiger partial charge is 0.504 e. The fourth-order valence-corrected chi connectivity index (χ4v) is 2.71. The molecule has 1 heterocycles. The van der Waals surface area contributed by atoms with Gasteiger partial charge in [0.1, 0.15) is 0 Å². The summed E-state index contributed by atoms with van der Waals surface area (Å²) in [4.78, 5) is 0. The van der Waals surface area contributed by atoms with Crippen molar-refractivity contribution in [1.82, 2.24) is 5.32 Å². The van der Waals surface area contributed by atoms with E-state index in [-0.39, 0.29) is 11.8 Å². The molecule has 0 bridgehead atoms. The molecule has 1 aliphatic rings. The van der Waals surface area contributed by atoms with Crippen LogP contribution in [0, 0.1) is 0 Å². The molecule has 0 saturated heterocycles. The maximum Gasteiger partial charge on any atom is 0.160 e. The summed E-state index contributed by atoms with van der Waals surface area (Å²) >= 11 is 0. The van der Waals surface area contributed by atoms with Crippen molar-refractivity contribution in [2.45, 2.75) is 12.5 Å². The molecule has 2 aromatic rings. The second-order valence-corrected chi connectivity index (χ2v) is 5.17. The van der Waals surface area contributed by atoms with Crippen LogP contribution in [-0.2, 0) is 6.42 Å². The zero-order chi connectivity index (χ0) is 14.7. The van der Waals surface area contributed by atoms with Crippen LogP contribution in [0.15, 0.2) is 48.5 Å². The summed E-state index contributed by atoms with van der Waals surface area (Å²) in [6.45, 7) is 0.905. The molecule has 1 unspecified atom stereocenters. The van der Waals surface area contributed by atoms with E-state index in [9.17, 15) is 5.11 Å². The second-order valence-electron chi connectivity index (χ2n) is 5.17. The van der Waals surface area contributed by atoms with Crippen molar-refractivity contribution in [1.29, 1.82) is 0 Å². The van der Waals surface area contributed by atoms with E-state index in [4.69, 9.17) is 4.74 Å². The first-order valence-corrected chi connectivity index (χ1v) is 7.14. The highest BCUT2D eigenvalue weighted by Gasteiger charge is 2.20. The van der Waals surface area contributed by atoms with Crippen molar-refractivity contribution in [2.75, 3.05) is 13.7 Å². The molecule has 0 amide bonds. The number of hydrogen-bond acceptors (Lipinski definition) is 3. The maximum atomic E-state index is 9.90. The third-order valence-corrected chi connectivity index (χ3v) is 3.82. The van der Waals surface area contributed by atoms with Crippen molar-refractivity contribution in [3.05, 3.63) is 65.2 Å². The van der Waals surface area contributed by atoms with Crippen LogP contribution >= 0.6 is 0 Å². The average Bonchev–Trinajstić information content (AvgIpc) is 2.53. The lowest BCUT2D eigenvalue weighted by atomic mass is 9.93. The van der Waals surface area contributed by atoms with Gasteiger partial charge >= 0.3 is 0 Å². The van der Waals surface area contributed by atoms with E-state index in [1.807, 2.05) is 30.3 Å². The minimum Gasteiger partial charge on any atom is -0.504 e. The van der Waals surface area contributed by atoms with Gasteiger partial charge in [0.05, 0.1) is 13.2 Å². The number of aromatic hydroxyl groups is 1. The number of hydrogen-bond donors (Lipinski definition) is 2. The number of methoxy groups -OCH3 is 1. The van der Waals surface area contributed by atoms with E-state index in [1.165, 1.54) is 16.7 Å². The van der Waals surface area contributed by atoms with E-state index in [2.05, 4.69) is 29.6 Å². The van der Waals surface area contributed by atoms with Crippen LogP contribution in [0.4, 0.5) is 0 Å². The number of fused-ring (bicyclic) bond motifs is 1. The SMILES string of the molecule is COc1cc2c(cc1O)CCNC2/C=C/c1ccccc1. The van der Waals surface area contributed by atoms with Crippen molar-refractivity contribution in [2.24, 2.45) is 0 Å². The fourth-order valence-electron chi connectivity index (χ4n) is 2.71. The van der Waals surface area contributed by atoms with Crippen molar-refractivity contribution < 1.29 is 9.84 Å². The van der Waals surface area contributed by atoms with Gasteiger partial charge < -0.3 is 15.2 Å². The zero-order valence-electron chi connectivity index (χ0n) is 12.0. The van der Waals surface area contributed by atoms with Crippen LogP contribution in [0.5, 0.6) is 11.5 Å². The van der Waals surface area contributed by atoms with E-state index < -0.39 is 0 Å². The maximum absolute atomic E-state index is 9.90. The van der Waals surface area contributed by atoms with Crippen LogP contribution in [0.3, 0.4) is 0 Å². The predicted molar refractivity (Wildman–Crippen MR) is 84.6 cm³/mol. The minimum atomic E-state index is 0.142. The van der Waals surface area contributed by atoms with Gasteiger partial charge in [0.25, 0.3) is 0 Å². The number of rotatable bonds is 3. The molecule has 3 rings (SSSR count). The fraction of sp³-hybridized carbons (Fsp3) is 0.222. The van der Waals surface area contributed by atoms with Gasteiger partial charge in [-0.05, 0) is 35.2 Å². The van der Waals surface area contributed by atoms with E-state index in [0.29, 0.717) is 5.75 Å². The first-order chi connectivity index (χ1) is 10.3. The second kappa shape index (κ2) is 6.02. The molecule has 2 N–H and O–H groups in total. The Balaban J connectivity index is 1.91. The highest BCUT2D eigenvalue weighted by Crippen LogP contribution is 2.34. The lowest BCUT2D eigenvalue weighted by molar-refractivity contribution is 0.371. The molecule has 0 aromatic heterocycles. The van der Waals surface area contributed by atoms with E-state index in [1.54, 1.807) is 7.11 Å². The monoisotopic (exact) mass is 281 g/mol. The first kappa shape index (κ1) is 13.7. The number of ether oxygens (including phenoxy) is 1. The van der Waals surface area contributed by atoms with Crippen molar-refractivity contribution in [3.8, 4) is 11.5 Å². The molecular formula is C18H19NO2. The van der Waals surface area contributed by atoms with Crippen LogP contribution < -0.4 is 10.1 Å². The van der Waals surface area contributed by atoms with Gasteiger partial charge in [-0.15, -0.1) is 0 Å². The molecule has 1 aliphatic heterocycles. The normalized spacial score (nSPS) is 17.7. The van der Waals surface area contributed by atoms with Crippen LogP contribution in [0.1, 0.15) is 22.7 Å². The van der Waals surface area contributed by atoms with Gasteiger partial charge in [0.15, 0.2) is 11.5 Å². The average molecular weight is 281 g/mol. The molecule has 0 aliphatic carbocycles. The lowest BCUT2D eigenvalue weighted by Gasteiger charge is -2.25. The number of nitrogens with one attached hydrogen (secondary N) is 1. The summed E-state index contributed by atoms with van der Waals surface area (Å²) < 4.78 is 5.22. The van der Waals surface area contributed by atoms with Crippen molar-refractivity contribution >= 4 is 6.08 Å². The third-order valence-electron chi connectivity index (χ3n) is 3.82. The van der Waals surface area contributed by atoms with Gasteiger partial charge in [0, 0.05) is 6.54 Å². The summed E-state index contributed by atoms with van der Waals surface area (Å²) in [6.07, 6.45) is 5.19. The summed E-state index contributed by atoms with van der Waals surface area (Å²) in [5.41, 5.74) is 3.52. The third kappa shape index (κ3) is 2.93. The molecule has 1 atom stereocenters. The molecular weight excluding hydrogens is 262 g/mol. The van der Waals surface area contributed by atoms with Gasteiger partial charge in [-0.3, -0.25) is 0 Å². The Morgan fingerprint density at radius 2 is 2.05 bits per heavy atom. The molecule has 3 heteroatoms. The molecule has 0 saturated carbocycles. The Bertz CT molecular complexity index is 650. The highest BCUT2D eigenvalue weighted by molar-refractivity contribution is 5.54. The highest BCUT2D eigenvalue weighted by atomic mass is 16.5. The molecule has 21 heavy (non-hydrogen) atoms. The van der Waals surface area contributed by atoms with Crippen LogP contribution in [-0.4, -0.2) is 18.8 Å². The van der Waals surface area contributed by atoms with E-state index >= 15 is 0 Å². The Morgan fingerprint density at radius 1 is 1.24 bits per heavy atom. The van der Waals surface area contributed by atoms with Crippen LogP contribution in [0.25, 0.3) is 6.08 Å². The Kier molecular flexibility index (Phi) is 3.93. The van der Waals surface area contributed by atoms with Gasteiger partial charge in [0.2, 0.25) is 0 Å². The summed E-state index contributed by atoms with van der Waals surface area (Å²) in [7, 11) is 1.58. The standard InChI is InChI=1S/C18H19NO2/c1-21-18-12-15-14(11-17(18)20)9-10-19-16(15)8-7-13-5-3-2-4-6-13/h2-8,11-12,16,19-20H,9-10H2,1H3/b8-7+. The van der Waals surface area contributed by atoms with Gasteiger partial charge in [-0.1, -0.05) is 42.5 Å². The Morgan fingerprint density at radius 3 is 2.81 bits per heavy atom. The topological polar surface area (TPSA) is 41.5 Å². The minimum absolute atomic E-state index is 0.142. The summed E-state index contributed by atoms with van der Waals surface area (Å²) in [5, 5.41) is 13.4. The molecule has 0 fully saturated rings.